The second kappa shape index (κ2) is 9.59. The highest BCUT2D eigenvalue weighted by atomic mass is 35.6. The summed E-state index contributed by atoms with van der Waals surface area (Å²) in [5, 5.41) is 2.37. The number of amides is 1. The highest BCUT2D eigenvalue weighted by molar-refractivity contribution is 6.76. The monoisotopic (exact) mass is 433 g/mol. The van der Waals surface area contributed by atoms with Crippen LogP contribution in [0.2, 0.25) is 0 Å². The Labute approximate surface area is 164 Å². The van der Waals surface area contributed by atoms with E-state index >= 15 is 0 Å². The Morgan fingerprint density at radius 2 is 1.54 bits per heavy atom. The molecule has 0 aromatic rings. The van der Waals surface area contributed by atoms with Crippen molar-refractivity contribution in [3.63, 3.8) is 0 Å². The topological polar surface area (TPSA) is 117 Å². The third-order valence-electron chi connectivity index (χ3n) is 3.21. The number of hydrogen-bond acceptors (Lipinski definition) is 8. The molecule has 1 saturated heterocycles. The van der Waals surface area contributed by atoms with E-state index in [1.54, 1.807) is 0 Å². The molecule has 0 bridgehead atoms. The van der Waals surface area contributed by atoms with Gasteiger partial charge in [-0.1, -0.05) is 34.8 Å². The molecule has 0 unspecified atom stereocenters. The van der Waals surface area contributed by atoms with Crippen molar-refractivity contribution < 1.29 is 38.1 Å². The van der Waals surface area contributed by atoms with Crippen LogP contribution in [0.1, 0.15) is 20.8 Å². The average Bonchev–Trinajstić information content (AvgIpc) is 2.47. The van der Waals surface area contributed by atoms with Gasteiger partial charge in [0.1, 0.15) is 12.7 Å². The lowest BCUT2D eigenvalue weighted by atomic mass is 9.97. The van der Waals surface area contributed by atoms with Crippen LogP contribution in [-0.4, -0.2) is 65.2 Å². The number of carbonyl (C=O) groups is 4. The van der Waals surface area contributed by atoms with Crippen molar-refractivity contribution in [1.82, 2.24) is 5.32 Å². The van der Waals surface area contributed by atoms with E-state index in [-0.39, 0.29) is 13.2 Å². The van der Waals surface area contributed by atoms with Crippen molar-refractivity contribution in [3.8, 4) is 0 Å². The van der Waals surface area contributed by atoms with E-state index in [1.807, 2.05) is 0 Å². The molecule has 1 N–H and O–H groups in total. The summed E-state index contributed by atoms with van der Waals surface area (Å²) >= 11 is 16.6. The molecule has 1 rings (SSSR count). The fraction of sp³-hybridized carbons (Fsp3) is 0.714. The predicted molar refractivity (Wildman–Crippen MR) is 89.7 cm³/mol. The summed E-state index contributed by atoms with van der Waals surface area (Å²) in [6.45, 7) is 3.04. The Bertz CT molecular complexity index is 565. The van der Waals surface area contributed by atoms with Crippen molar-refractivity contribution in [2.75, 3.05) is 13.2 Å². The van der Waals surface area contributed by atoms with Gasteiger partial charge in [-0.05, 0) is 0 Å². The largest absolute Gasteiger partial charge is 0.463 e. The first-order valence-corrected chi connectivity index (χ1v) is 8.52. The normalized spacial score (nSPS) is 25.8. The third-order valence-corrected chi connectivity index (χ3v) is 3.72. The van der Waals surface area contributed by atoms with Gasteiger partial charge in [0.2, 0.25) is 0 Å². The minimum absolute atomic E-state index is 0.172. The highest BCUT2D eigenvalue weighted by Crippen LogP contribution is 2.28. The second-order valence-corrected chi connectivity index (χ2v) is 7.68. The molecule has 0 aromatic carbocycles. The average molecular weight is 435 g/mol. The zero-order valence-electron chi connectivity index (χ0n) is 14.1. The lowest BCUT2D eigenvalue weighted by Crippen LogP contribution is -2.63. The molecule has 26 heavy (non-hydrogen) atoms. The van der Waals surface area contributed by atoms with Gasteiger partial charge >= 0.3 is 17.9 Å². The van der Waals surface area contributed by atoms with E-state index in [9.17, 15) is 19.2 Å². The van der Waals surface area contributed by atoms with Crippen LogP contribution < -0.4 is 5.32 Å². The first-order chi connectivity index (χ1) is 11.9. The van der Waals surface area contributed by atoms with Crippen LogP contribution in [0, 0.1) is 0 Å². The molecule has 0 aromatic heterocycles. The van der Waals surface area contributed by atoms with Crippen molar-refractivity contribution in [2.24, 2.45) is 0 Å². The van der Waals surface area contributed by atoms with Gasteiger partial charge in [-0.15, -0.1) is 0 Å². The van der Waals surface area contributed by atoms with Gasteiger partial charge in [-0.3, -0.25) is 19.2 Å². The zero-order valence-corrected chi connectivity index (χ0v) is 16.4. The smallest absolute Gasteiger partial charge is 0.303 e. The number of carbonyl (C=O) groups excluding carboxylic acids is 4. The molecular weight excluding hydrogens is 417 g/mol. The Kier molecular flexibility index (Phi) is 8.39. The van der Waals surface area contributed by atoms with Gasteiger partial charge in [0.05, 0.1) is 12.6 Å². The summed E-state index contributed by atoms with van der Waals surface area (Å²) in [5.74, 6) is -2.95. The zero-order chi connectivity index (χ0) is 20.1. The molecule has 12 heteroatoms. The van der Waals surface area contributed by atoms with Crippen LogP contribution in [0.25, 0.3) is 0 Å². The van der Waals surface area contributed by atoms with Gasteiger partial charge in [-0.25, -0.2) is 0 Å². The number of halogens is 3. The van der Waals surface area contributed by atoms with Gasteiger partial charge in [0.15, 0.2) is 12.2 Å². The lowest BCUT2D eigenvalue weighted by Gasteiger charge is -2.41. The van der Waals surface area contributed by atoms with Crippen LogP contribution in [-0.2, 0) is 38.1 Å². The van der Waals surface area contributed by atoms with Crippen LogP contribution >= 0.6 is 34.8 Å². The third kappa shape index (κ3) is 7.14. The standard InChI is InChI=1S/C14H18Cl3NO8/c1-6(19)23-5-10-12(26-8(3)21)11(25-7(2)20)9(4-24-10)18-13(22)14(15,16)17/h9-12H,4-5H2,1-3H3,(H,18,22)/t9-,10+,11-,12+/m0/s1. The molecule has 1 fully saturated rings. The maximum absolute atomic E-state index is 11.9. The summed E-state index contributed by atoms with van der Waals surface area (Å²) < 4.78 is 18.5. The number of alkyl halides is 3. The van der Waals surface area contributed by atoms with E-state index < -0.39 is 52.0 Å². The van der Waals surface area contributed by atoms with Crippen LogP contribution in [0.3, 0.4) is 0 Å². The molecule has 1 heterocycles. The number of nitrogens with one attached hydrogen (secondary N) is 1. The second-order valence-electron chi connectivity index (χ2n) is 5.40. The van der Waals surface area contributed by atoms with E-state index in [2.05, 4.69) is 5.32 Å². The Balaban J connectivity index is 3.05. The lowest BCUT2D eigenvalue weighted by molar-refractivity contribution is -0.207. The van der Waals surface area contributed by atoms with Gasteiger partial charge in [0, 0.05) is 20.8 Å². The molecule has 0 spiro atoms. The molecule has 4 atom stereocenters. The number of hydrogen-bond donors (Lipinski definition) is 1. The summed E-state index contributed by atoms with van der Waals surface area (Å²) in [5.41, 5.74) is 0. The Hall–Kier alpha value is -1.29. The molecule has 0 radical (unpaired) electrons. The summed E-state index contributed by atoms with van der Waals surface area (Å²) in [6.07, 6.45) is -3.24. The number of esters is 3. The molecule has 1 aliphatic rings. The van der Waals surface area contributed by atoms with Gasteiger partial charge in [-0.2, -0.15) is 0 Å². The predicted octanol–water partition coefficient (Wildman–Crippen LogP) is 0.667. The molecule has 1 amide bonds. The van der Waals surface area contributed by atoms with Crippen LogP contribution in [0.15, 0.2) is 0 Å². The molecule has 0 aliphatic carbocycles. The van der Waals surface area contributed by atoms with Gasteiger partial charge in [0.25, 0.3) is 9.70 Å². The molecule has 0 saturated carbocycles. The summed E-state index contributed by atoms with van der Waals surface area (Å²) in [6, 6.07) is -0.972. The Morgan fingerprint density at radius 1 is 1.00 bits per heavy atom. The van der Waals surface area contributed by atoms with E-state index in [0.717, 1.165) is 13.8 Å². The van der Waals surface area contributed by atoms with Crippen LogP contribution in [0.5, 0.6) is 0 Å². The number of rotatable bonds is 5. The summed E-state index contributed by atoms with van der Waals surface area (Å²) in [7, 11) is 0. The van der Waals surface area contributed by atoms with E-state index in [4.69, 9.17) is 53.8 Å². The SMILES string of the molecule is CC(=O)OC[C@H]1OC[C@H](NC(=O)C(Cl)(Cl)Cl)[C@H](OC(C)=O)[C@@H]1OC(C)=O. The van der Waals surface area contributed by atoms with Crippen molar-refractivity contribution in [1.29, 1.82) is 0 Å². The fourth-order valence-electron chi connectivity index (χ4n) is 2.25. The minimum atomic E-state index is -2.26. The molecule has 9 nitrogen and oxygen atoms in total. The number of ether oxygens (including phenoxy) is 4. The first kappa shape index (κ1) is 22.8. The Morgan fingerprint density at radius 3 is 2.00 bits per heavy atom. The van der Waals surface area contributed by atoms with Crippen LogP contribution in [0.4, 0.5) is 0 Å². The maximum Gasteiger partial charge on any atom is 0.303 e. The fourth-order valence-corrected chi connectivity index (χ4v) is 2.41. The van der Waals surface area contributed by atoms with Crippen molar-refractivity contribution >= 4 is 58.6 Å². The highest BCUT2D eigenvalue weighted by Gasteiger charge is 2.47. The minimum Gasteiger partial charge on any atom is -0.463 e. The summed E-state index contributed by atoms with van der Waals surface area (Å²) in [4.78, 5) is 45.8. The quantitative estimate of drug-likeness (QED) is 0.381. The molecule has 1 aliphatic heterocycles. The van der Waals surface area contributed by atoms with E-state index in [0.29, 0.717) is 0 Å². The maximum atomic E-state index is 11.9. The van der Waals surface area contributed by atoms with Crippen molar-refractivity contribution in [3.05, 3.63) is 0 Å². The van der Waals surface area contributed by atoms with Crippen molar-refractivity contribution in [2.45, 2.75) is 48.9 Å². The molecule has 148 valence electrons. The van der Waals surface area contributed by atoms with Gasteiger partial charge < -0.3 is 24.3 Å². The molecular formula is C14H18Cl3NO8. The van der Waals surface area contributed by atoms with E-state index in [1.165, 1.54) is 6.92 Å². The first-order valence-electron chi connectivity index (χ1n) is 7.39.